The molecule has 0 saturated heterocycles. The Kier molecular flexibility index (Phi) is 6.86. The van der Waals surface area contributed by atoms with E-state index in [0.29, 0.717) is 0 Å². The van der Waals surface area contributed by atoms with E-state index >= 15 is 0 Å². The molecule has 0 aliphatic carbocycles. The molecule has 0 aliphatic heterocycles. The van der Waals surface area contributed by atoms with E-state index in [9.17, 15) is 0 Å². The largest absolute Gasteiger partial charge is 0.309 e. The number of benzene rings is 8. The highest BCUT2D eigenvalue weighted by Gasteiger charge is 2.43. The molecule has 240 valence electrons. The van der Waals surface area contributed by atoms with Crippen LogP contribution in [0.25, 0.3) is 55.0 Å². The van der Waals surface area contributed by atoms with E-state index in [1.165, 1.54) is 64.4 Å². The molecule has 3 heteroatoms. The molecule has 0 atom stereocenters. The molecule has 2 aromatic heterocycles. The van der Waals surface area contributed by atoms with Crippen molar-refractivity contribution in [2.45, 2.75) is 0 Å². The monoisotopic (exact) mass is 666 g/mol. The van der Waals surface area contributed by atoms with Gasteiger partial charge in [0.2, 0.25) is 0 Å². The molecule has 0 spiro atoms. The van der Waals surface area contributed by atoms with E-state index in [0.717, 1.165) is 11.4 Å². The predicted octanol–water partition coefficient (Wildman–Crippen LogP) is 9.26. The lowest BCUT2D eigenvalue weighted by Crippen LogP contribution is -2.75. The molecule has 0 aliphatic rings. The summed E-state index contributed by atoms with van der Waals surface area (Å²) in [4.78, 5) is 0. The Morgan fingerprint density at radius 3 is 1.33 bits per heavy atom. The van der Waals surface area contributed by atoms with Gasteiger partial charge < -0.3 is 9.13 Å². The van der Waals surface area contributed by atoms with Crippen LogP contribution in [0.4, 0.5) is 0 Å². The highest BCUT2D eigenvalue weighted by atomic mass is 28.3. The maximum absolute atomic E-state index is 2.86. The Balaban J connectivity index is 1.37. The molecule has 10 aromatic rings. The van der Waals surface area contributed by atoms with Gasteiger partial charge in [-0.05, 0) is 57.1 Å². The van der Waals surface area contributed by atoms with Crippen LogP contribution < -0.4 is 20.7 Å². The van der Waals surface area contributed by atoms with Gasteiger partial charge >= 0.3 is 0 Å². The molecule has 8 aromatic carbocycles. The maximum atomic E-state index is 2.54. The topological polar surface area (TPSA) is 9.86 Å². The lowest BCUT2D eigenvalue weighted by Gasteiger charge is -2.35. The molecule has 2 heterocycles. The van der Waals surface area contributed by atoms with Gasteiger partial charge in [0.25, 0.3) is 0 Å². The van der Waals surface area contributed by atoms with Crippen LogP contribution in [0.5, 0.6) is 0 Å². The number of fused-ring (bicyclic) bond motifs is 6. The molecule has 0 radical (unpaired) electrons. The Labute approximate surface area is 298 Å². The second-order valence-corrected chi connectivity index (χ2v) is 17.1. The van der Waals surface area contributed by atoms with Crippen molar-refractivity contribution >= 4 is 72.4 Å². The van der Waals surface area contributed by atoms with E-state index in [4.69, 9.17) is 0 Å². The van der Waals surface area contributed by atoms with Gasteiger partial charge in [-0.1, -0.05) is 170 Å². The van der Waals surface area contributed by atoms with Crippen LogP contribution in [0.1, 0.15) is 0 Å². The van der Waals surface area contributed by atoms with Gasteiger partial charge in [-0.25, -0.2) is 0 Å². The first-order chi connectivity index (χ1) is 25.3. The third-order valence-corrected chi connectivity index (χ3v) is 15.5. The van der Waals surface area contributed by atoms with Gasteiger partial charge in [-0.2, -0.15) is 0 Å². The molecule has 51 heavy (non-hydrogen) atoms. The SMILES string of the molecule is c1ccc(-n2c3ccccc3c3ccc(-n4c5ccccc5c5cccc([Si](c6ccccc6)(c6ccccc6)c6ccccc6)c54)cc32)cc1. The Bertz CT molecular complexity index is 2740. The minimum Gasteiger partial charge on any atom is -0.309 e. The molecule has 0 amide bonds. The van der Waals surface area contributed by atoms with Crippen LogP contribution in [0.15, 0.2) is 206 Å². The first kappa shape index (κ1) is 29.5. The van der Waals surface area contributed by atoms with E-state index in [-0.39, 0.29) is 0 Å². The number of hydrogen-bond acceptors (Lipinski definition) is 0. The molecule has 0 saturated carbocycles. The van der Waals surface area contributed by atoms with E-state index in [2.05, 4.69) is 215 Å². The third kappa shape index (κ3) is 4.42. The van der Waals surface area contributed by atoms with Gasteiger partial charge in [0.1, 0.15) is 0 Å². The average Bonchev–Trinajstić information content (AvgIpc) is 3.73. The maximum Gasteiger partial charge on any atom is 0.181 e. The summed E-state index contributed by atoms with van der Waals surface area (Å²) in [5.74, 6) is 0. The van der Waals surface area contributed by atoms with Crippen LogP contribution >= 0.6 is 0 Å². The standard InChI is InChI=1S/C48H34N2Si/c1-5-18-35(19-6-1)49-44-29-15-13-26-40(44)42-33-32-36(34-46(42)49)50-45-30-16-14-27-41(45)43-28-17-31-47(48(43)50)51(37-20-7-2-8-21-37,38-22-9-3-10-23-38)39-24-11-4-12-25-39/h1-34H. The van der Waals surface area contributed by atoms with Crippen molar-refractivity contribution in [3.05, 3.63) is 206 Å². The number of nitrogens with zero attached hydrogens (tertiary/aromatic N) is 2. The van der Waals surface area contributed by atoms with Gasteiger partial charge in [-0.15, -0.1) is 0 Å². The molecule has 0 fully saturated rings. The first-order valence-corrected chi connectivity index (χ1v) is 19.6. The number of aromatic nitrogens is 2. The highest BCUT2D eigenvalue weighted by molar-refractivity contribution is 7.20. The summed E-state index contributed by atoms with van der Waals surface area (Å²) in [6, 6.07) is 76.2. The average molecular weight is 667 g/mol. The summed E-state index contributed by atoms with van der Waals surface area (Å²) in [5, 5.41) is 10.5. The number of hydrogen-bond donors (Lipinski definition) is 0. The Hall–Kier alpha value is -6.42. The lowest BCUT2D eigenvalue weighted by molar-refractivity contribution is 1.16. The fraction of sp³-hybridized carbons (Fsp3) is 0. The van der Waals surface area contributed by atoms with Gasteiger partial charge in [-0.3, -0.25) is 0 Å². The summed E-state index contributed by atoms with van der Waals surface area (Å²) in [6.45, 7) is 0. The molecule has 10 rings (SSSR count). The van der Waals surface area contributed by atoms with E-state index in [1.807, 2.05) is 0 Å². The molecule has 2 nitrogen and oxygen atoms in total. The molecule has 0 N–H and O–H groups in total. The van der Waals surface area contributed by atoms with Crippen LogP contribution in [0, 0.1) is 0 Å². The first-order valence-electron chi connectivity index (χ1n) is 17.6. The Morgan fingerprint density at radius 1 is 0.294 bits per heavy atom. The van der Waals surface area contributed by atoms with Gasteiger partial charge in [0, 0.05) is 32.9 Å². The second kappa shape index (κ2) is 11.9. The van der Waals surface area contributed by atoms with Gasteiger partial charge in [0.15, 0.2) is 8.07 Å². The van der Waals surface area contributed by atoms with Crippen LogP contribution in [0.2, 0.25) is 0 Å². The smallest absolute Gasteiger partial charge is 0.181 e. The molecule has 0 bridgehead atoms. The predicted molar refractivity (Wildman–Crippen MR) is 219 cm³/mol. The fourth-order valence-corrected chi connectivity index (χ4v) is 13.5. The summed E-state index contributed by atoms with van der Waals surface area (Å²) >= 11 is 0. The second-order valence-electron chi connectivity index (χ2n) is 13.3. The molecule has 0 unspecified atom stereocenters. The van der Waals surface area contributed by atoms with Crippen LogP contribution in [-0.2, 0) is 0 Å². The summed E-state index contributed by atoms with van der Waals surface area (Å²) in [5.41, 5.74) is 7.19. The highest BCUT2D eigenvalue weighted by Crippen LogP contribution is 2.37. The van der Waals surface area contributed by atoms with Crippen molar-refractivity contribution in [1.82, 2.24) is 9.13 Å². The summed E-state index contributed by atoms with van der Waals surface area (Å²) in [6.07, 6.45) is 0. The van der Waals surface area contributed by atoms with Crippen molar-refractivity contribution in [3.8, 4) is 11.4 Å². The third-order valence-electron chi connectivity index (χ3n) is 10.6. The van der Waals surface area contributed by atoms with Crippen molar-refractivity contribution < 1.29 is 0 Å². The van der Waals surface area contributed by atoms with Gasteiger partial charge in [0.05, 0.1) is 22.1 Å². The van der Waals surface area contributed by atoms with Crippen molar-refractivity contribution in [3.63, 3.8) is 0 Å². The zero-order valence-corrected chi connectivity index (χ0v) is 29.0. The fourth-order valence-electron chi connectivity index (χ4n) is 8.57. The van der Waals surface area contributed by atoms with Crippen LogP contribution in [0.3, 0.4) is 0 Å². The van der Waals surface area contributed by atoms with E-state index < -0.39 is 8.07 Å². The van der Waals surface area contributed by atoms with Crippen LogP contribution in [-0.4, -0.2) is 17.2 Å². The normalized spacial score (nSPS) is 11.9. The zero-order valence-electron chi connectivity index (χ0n) is 28.0. The number of para-hydroxylation sites is 4. The zero-order chi connectivity index (χ0) is 33.8. The van der Waals surface area contributed by atoms with Crippen molar-refractivity contribution in [1.29, 1.82) is 0 Å². The van der Waals surface area contributed by atoms with Crippen molar-refractivity contribution in [2.75, 3.05) is 0 Å². The summed E-state index contributed by atoms with van der Waals surface area (Å²) in [7, 11) is -2.86. The summed E-state index contributed by atoms with van der Waals surface area (Å²) < 4.78 is 4.96. The lowest BCUT2D eigenvalue weighted by atomic mass is 10.1. The van der Waals surface area contributed by atoms with E-state index in [1.54, 1.807) is 0 Å². The number of rotatable bonds is 6. The quantitative estimate of drug-likeness (QED) is 0.124. The van der Waals surface area contributed by atoms with Crippen molar-refractivity contribution in [2.24, 2.45) is 0 Å². The molecular weight excluding hydrogens is 633 g/mol. The minimum atomic E-state index is -2.86. The Morgan fingerprint density at radius 2 is 0.745 bits per heavy atom. The minimum absolute atomic E-state index is 1.15. The molecular formula is C48H34N2Si.